The largest absolute Gasteiger partial charge is 0.548 e. The van der Waals surface area contributed by atoms with Gasteiger partial charge in [-0.05, 0) is 42.2 Å². The van der Waals surface area contributed by atoms with Crippen molar-refractivity contribution in [2.24, 2.45) is 0 Å². The van der Waals surface area contributed by atoms with Crippen LogP contribution < -0.4 is 15.2 Å². The second kappa shape index (κ2) is 9.07. The molecule has 0 aliphatic heterocycles. The van der Waals surface area contributed by atoms with Gasteiger partial charge in [0, 0.05) is 6.08 Å². The average molecular weight is 308 g/mol. The minimum atomic E-state index is -1.27. The summed E-state index contributed by atoms with van der Waals surface area (Å²) in [4.78, 5) is 22.6. The average Bonchev–Trinajstić information content (AvgIpc) is 2.49. The first-order valence-electron chi connectivity index (χ1n) is 6.39. The van der Waals surface area contributed by atoms with Gasteiger partial charge in [-0.25, -0.2) is 0 Å². The number of carboxylic acid groups (broad SMARTS) is 1. The van der Waals surface area contributed by atoms with Crippen LogP contribution in [0.1, 0.15) is 12.0 Å². The number of methoxy groups -OCH3 is 1. The number of ether oxygens (including phenoxy) is 1. The first-order valence-corrected chi connectivity index (χ1v) is 7.78. The standard InChI is InChI=1S/C15H19NO4S/c1-20-12-6-3-11(4-7-12)5-8-14(17)16-13(15(18)19)9-10-21-2/h3-8,13H,9-10H2,1-2H3,(H,16,17)(H,18,19)/p-1/b8-5+/t13-/m0/s1. The maximum atomic E-state index is 11.7. The fraction of sp³-hybridized carbons (Fsp3) is 0.333. The van der Waals surface area contributed by atoms with Crippen molar-refractivity contribution in [3.63, 3.8) is 0 Å². The number of amides is 1. The highest BCUT2D eigenvalue weighted by atomic mass is 32.2. The molecule has 0 aromatic heterocycles. The van der Waals surface area contributed by atoms with E-state index in [0.717, 1.165) is 11.3 Å². The zero-order valence-corrected chi connectivity index (χ0v) is 12.8. The van der Waals surface area contributed by atoms with E-state index in [2.05, 4.69) is 5.32 Å². The number of hydrogen-bond donors (Lipinski definition) is 1. The summed E-state index contributed by atoms with van der Waals surface area (Å²) < 4.78 is 5.03. The Morgan fingerprint density at radius 1 is 1.38 bits per heavy atom. The van der Waals surface area contributed by atoms with E-state index in [9.17, 15) is 14.7 Å². The van der Waals surface area contributed by atoms with Crippen molar-refractivity contribution in [2.45, 2.75) is 12.5 Å². The fourth-order valence-corrected chi connectivity index (χ4v) is 2.06. The van der Waals surface area contributed by atoms with Crippen LogP contribution in [0.2, 0.25) is 0 Å². The molecule has 1 rings (SSSR count). The minimum Gasteiger partial charge on any atom is -0.548 e. The third kappa shape index (κ3) is 6.35. The van der Waals surface area contributed by atoms with Crippen molar-refractivity contribution in [3.8, 4) is 5.75 Å². The molecule has 0 unspecified atom stereocenters. The van der Waals surface area contributed by atoms with Crippen LogP contribution in [0.4, 0.5) is 0 Å². The van der Waals surface area contributed by atoms with E-state index >= 15 is 0 Å². The van der Waals surface area contributed by atoms with Gasteiger partial charge in [-0.2, -0.15) is 11.8 Å². The van der Waals surface area contributed by atoms with Crippen LogP contribution in [0.3, 0.4) is 0 Å². The number of carbonyl (C=O) groups is 2. The number of thioether (sulfide) groups is 1. The number of hydrogen-bond acceptors (Lipinski definition) is 5. The van der Waals surface area contributed by atoms with Crippen molar-refractivity contribution in [1.82, 2.24) is 5.32 Å². The summed E-state index contributed by atoms with van der Waals surface area (Å²) >= 11 is 1.52. The zero-order valence-electron chi connectivity index (χ0n) is 12.0. The molecule has 1 atom stereocenters. The molecule has 21 heavy (non-hydrogen) atoms. The summed E-state index contributed by atoms with van der Waals surface area (Å²) in [6, 6.07) is 6.18. The molecule has 1 aromatic carbocycles. The van der Waals surface area contributed by atoms with Gasteiger partial charge < -0.3 is 20.0 Å². The smallest absolute Gasteiger partial charge is 0.244 e. The summed E-state index contributed by atoms with van der Waals surface area (Å²) in [7, 11) is 1.58. The lowest BCUT2D eigenvalue weighted by molar-refractivity contribution is -0.308. The predicted octanol–water partition coefficient (Wildman–Crippen LogP) is 0.696. The van der Waals surface area contributed by atoms with Crippen LogP contribution in [-0.2, 0) is 9.59 Å². The molecule has 114 valence electrons. The molecule has 0 heterocycles. The Bertz CT molecular complexity index is 499. The lowest BCUT2D eigenvalue weighted by atomic mass is 10.2. The molecule has 0 saturated heterocycles. The molecule has 6 heteroatoms. The molecule has 1 amide bonds. The van der Waals surface area contributed by atoms with Crippen molar-refractivity contribution >= 4 is 29.7 Å². The van der Waals surface area contributed by atoms with Gasteiger partial charge in [0.1, 0.15) is 5.75 Å². The first-order chi connectivity index (χ1) is 10.1. The van der Waals surface area contributed by atoms with Gasteiger partial charge in [0.15, 0.2) is 0 Å². The SMILES string of the molecule is COc1ccc(/C=C/C(=O)N[C@@H](CCSC)C(=O)[O-])cc1. The topological polar surface area (TPSA) is 78.5 Å². The van der Waals surface area contributed by atoms with Gasteiger partial charge in [-0.1, -0.05) is 12.1 Å². The van der Waals surface area contributed by atoms with Gasteiger partial charge in [0.2, 0.25) is 5.91 Å². The third-order valence-corrected chi connectivity index (χ3v) is 3.40. The number of carbonyl (C=O) groups excluding carboxylic acids is 2. The van der Waals surface area contributed by atoms with Gasteiger partial charge in [-0.3, -0.25) is 4.79 Å². The molecule has 0 saturated carbocycles. The highest BCUT2D eigenvalue weighted by molar-refractivity contribution is 7.98. The molecule has 0 aliphatic carbocycles. The van der Waals surface area contributed by atoms with Gasteiger partial charge in [0.25, 0.3) is 0 Å². The third-order valence-electron chi connectivity index (χ3n) is 2.75. The highest BCUT2D eigenvalue weighted by Gasteiger charge is 2.11. The molecule has 5 nitrogen and oxygen atoms in total. The summed E-state index contributed by atoms with van der Waals surface area (Å²) in [6.07, 6.45) is 5.12. The zero-order chi connectivity index (χ0) is 15.7. The lowest BCUT2D eigenvalue weighted by Gasteiger charge is -2.18. The van der Waals surface area contributed by atoms with Gasteiger partial charge >= 0.3 is 0 Å². The molecule has 0 aliphatic rings. The Morgan fingerprint density at radius 2 is 2.05 bits per heavy atom. The Hall–Kier alpha value is -1.95. The van der Waals surface area contributed by atoms with Crippen molar-refractivity contribution in [1.29, 1.82) is 0 Å². The summed E-state index contributed by atoms with van der Waals surface area (Å²) in [5, 5.41) is 13.3. The van der Waals surface area contributed by atoms with Crippen LogP contribution in [0, 0.1) is 0 Å². The van der Waals surface area contributed by atoms with Crippen LogP contribution >= 0.6 is 11.8 Å². The maximum Gasteiger partial charge on any atom is 0.244 e. The van der Waals surface area contributed by atoms with E-state index in [4.69, 9.17) is 4.74 Å². The summed E-state index contributed by atoms with van der Waals surface area (Å²) in [5.74, 6) is -0.358. The van der Waals surface area contributed by atoms with Crippen molar-refractivity contribution < 1.29 is 19.4 Å². The summed E-state index contributed by atoms with van der Waals surface area (Å²) in [5.41, 5.74) is 0.820. The van der Waals surface area contributed by atoms with Crippen LogP contribution in [0.25, 0.3) is 6.08 Å². The van der Waals surface area contributed by atoms with Crippen LogP contribution in [-0.4, -0.2) is 37.0 Å². The number of carboxylic acids is 1. The lowest BCUT2D eigenvalue weighted by Crippen LogP contribution is -2.47. The van der Waals surface area contributed by atoms with E-state index in [0.29, 0.717) is 12.2 Å². The van der Waals surface area contributed by atoms with E-state index in [1.54, 1.807) is 37.5 Å². The minimum absolute atomic E-state index is 0.339. The van der Waals surface area contributed by atoms with E-state index in [-0.39, 0.29) is 0 Å². The quantitative estimate of drug-likeness (QED) is 0.715. The van der Waals surface area contributed by atoms with Crippen molar-refractivity contribution in [2.75, 3.05) is 19.1 Å². The monoisotopic (exact) mass is 308 g/mol. The van der Waals surface area contributed by atoms with E-state index in [1.807, 2.05) is 6.26 Å². The molecule has 1 aromatic rings. The summed E-state index contributed by atoms with van der Waals surface area (Å²) in [6.45, 7) is 0. The second-order valence-corrected chi connectivity index (χ2v) is 5.25. The highest BCUT2D eigenvalue weighted by Crippen LogP contribution is 2.12. The normalized spacial score (nSPS) is 12.1. The number of nitrogens with one attached hydrogen (secondary N) is 1. The Morgan fingerprint density at radius 3 is 2.57 bits per heavy atom. The molecular formula is C15H18NO4S-. The first kappa shape index (κ1) is 17.1. The van der Waals surface area contributed by atoms with Crippen LogP contribution in [0.15, 0.2) is 30.3 Å². The molecule has 0 bridgehead atoms. The Kier molecular flexibility index (Phi) is 7.39. The molecular weight excluding hydrogens is 290 g/mol. The molecule has 0 fully saturated rings. The van der Waals surface area contributed by atoms with Gasteiger partial charge in [-0.15, -0.1) is 0 Å². The van der Waals surface area contributed by atoms with E-state index < -0.39 is 17.9 Å². The molecule has 1 N–H and O–H groups in total. The number of aliphatic carboxylic acids is 1. The fourth-order valence-electron chi connectivity index (χ4n) is 1.59. The predicted molar refractivity (Wildman–Crippen MR) is 82.0 cm³/mol. The molecule has 0 radical (unpaired) electrons. The Balaban J connectivity index is 2.57. The number of rotatable bonds is 8. The maximum absolute atomic E-state index is 11.7. The van der Waals surface area contributed by atoms with Crippen molar-refractivity contribution in [3.05, 3.63) is 35.9 Å². The Labute approximate surface area is 128 Å². The van der Waals surface area contributed by atoms with E-state index in [1.165, 1.54) is 17.8 Å². The number of benzene rings is 1. The van der Waals surface area contributed by atoms with Gasteiger partial charge in [0.05, 0.1) is 19.1 Å². The molecule has 0 spiro atoms. The second-order valence-electron chi connectivity index (χ2n) is 4.27. The van der Waals surface area contributed by atoms with Crippen LogP contribution in [0.5, 0.6) is 5.75 Å².